The number of carbonyl (C=O) groups is 2. The number of urea groups is 1. The predicted octanol–water partition coefficient (Wildman–Crippen LogP) is 5.38. The quantitative estimate of drug-likeness (QED) is 0.437. The van der Waals surface area contributed by atoms with E-state index in [9.17, 15) is 22.8 Å². The normalized spacial score (nSPS) is 12.6. The summed E-state index contributed by atoms with van der Waals surface area (Å²) in [5.74, 6) is 0.342. The minimum atomic E-state index is -4.39. The monoisotopic (exact) mass is 2620 g/mol. The molecular weight excluding hydrogens is 2590 g/mol. The number of nitrogens with zero attached hydrogens (tertiary/aromatic N) is 3. The SMILES string of the molecule is CC(C)(C)[C@H]1CN(C(c2ccccc2)c2ccc(C(F)(F)F)cc2)CCN1C(=O)CC1CCN(C(N)=O)CC1.S=S=S=S=S=S=S=S=S=S=S=S=S=S=S=S=S=S=S=S=S=S=S=S=S=S=S=S=S=S=S=S=S=S=S=S=S=S=S=S=S=S=S=S=S=S=S=S=S=S=S=S=S=S=S=S=S=S=S=S=S=S=S=S=S. The maximum Gasteiger partial charge on any atom is 0.416 e. The largest absolute Gasteiger partial charge is 0.416 e. The van der Waals surface area contributed by atoms with Gasteiger partial charge < -0.3 is 15.5 Å². The molecule has 74 heteroatoms. The van der Waals surface area contributed by atoms with Crippen molar-refractivity contribution in [2.75, 3.05) is 32.7 Å². The van der Waals surface area contributed by atoms with Crippen molar-refractivity contribution in [1.82, 2.24) is 14.7 Å². The van der Waals surface area contributed by atoms with Crippen molar-refractivity contribution in [2.45, 2.75) is 58.3 Å². The van der Waals surface area contributed by atoms with Crippen LogP contribution in [0.4, 0.5) is 18.0 Å². The highest BCUT2D eigenvalue weighted by Crippen LogP contribution is 2.37. The Bertz CT molecular complexity index is 6280. The van der Waals surface area contributed by atoms with Crippen molar-refractivity contribution < 1.29 is 22.8 Å². The Labute approximate surface area is 791 Å². The summed E-state index contributed by atoms with van der Waals surface area (Å²) in [4.78, 5) is 31.0. The van der Waals surface area contributed by atoms with Crippen LogP contribution in [0.1, 0.15) is 62.8 Å². The van der Waals surface area contributed by atoms with Gasteiger partial charge in [-0.1, -0.05) is 63.2 Å². The lowest BCUT2D eigenvalue weighted by molar-refractivity contribution is -0.141. The number of amides is 3. The van der Waals surface area contributed by atoms with E-state index in [4.69, 9.17) is 28.1 Å². The van der Waals surface area contributed by atoms with Gasteiger partial charge in [0.25, 0.3) is 0 Å². The number of nitrogens with two attached hydrogens (primary N) is 1. The Kier molecular flexibility index (Phi) is 83.0. The molecule has 0 aliphatic carbocycles. The lowest BCUT2D eigenvalue weighted by Gasteiger charge is -2.50. The molecule has 2 heterocycles. The molecule has 2 fully saturated rings. The van der Waals surface area contributed by atoms with Gasteiger partial charge in [0.2, 0.25) is 5.91 Å². The van der Waals surface area contributed by atoms with E-state index in [2.05, 4.69) is 25.7 Å². The molecule has 602 valence electrons. The average molecular weight is 2630 g/mol. The zero-order valence-electron chi connectivity index (χ0n) is 49.5. The molecule has 0 spiro atoms. The highest BCUT2D eigenvalue weighted by atomic mass is 33.5. The number of primary amides is 1. The number of halogens is 3. The number of hydrogen-bond acceptors (Lipinski definition) is 5. The molecule has 2 atom stereocenters. The molecule has 1 unspecified atom stereocenters. The van der Waals surface area contributed by atoms with Crippen LogP contribution in [0.2, 0.25) is 0 Å². The Morgan fingerprint density at radius 2 is 0.635 bits per heavy atom. The van der Waals surface area contributed by atoms with Crippen molar-refractivity contribution in [2.24, 2.45) is 17.1 Å². The minimum absolute atomic E-state index is 0.0647. The molecular formula is C30H39F3N4O2S65. The number of piperazine rings is 1. The standard InChI is InChI=1S/C30H39F3N4O2.S65/c1-29(2,3)25-20-36(17-18-37(25)26(38)19-21-13-15-35(16-14-21)28(34)39)27(22-7-5-4-6-8-22)23-9-11-24(12-10-23)30(31,32)33;1-3-5-7-9-11-13-15-17-19-21-23-25-27-29-31-33-35-37-39-41-43-45-47-49-51-53-55-57-59-61-63-65-64-62-60-58-56-54-52-50-48-46-44-42-40-38-36-34-32-30-28-26-24-22-20-18-16-14-12-10-8-6-4-2/h4-12,21,25,27H,13-20H2,1-3H3,(H2,34,39);/t25-,27?;/m1./s1. The highest BCUT2D eigenvalue weighted by molar-refractivity contribution is 8.84. The molecule has 0 aromatic heterocycles. The van der Waals surface area contributed by atoms with Crippen LogP contribution >= 0.6 is 0 Å². The number of alkyl halides is 3. The van der Waals surface area contributed by atoms with Crippen LogP contribution in [0.5, 0.6) is 0 Å². The van der Waals surface area contributed by atoms with E-state index in [0.717, 1.165) is 36.1 Å². The van der Waals surface area contributed by atoms with Crippen LogP contribution in [-0.4, -0.2) is 65.4 Å². The summed E-state index contributed by atoms with van der Waals surface area (Å²) >= 11 is 9.64. The third-order valence-corrected chi connectivity index (χ3v) is 148. The number of hydrogen-bond donors (Lipinski definition) is 1. The molecule has 0 bridgehead atoms. The Balaban J connectivity index is 0.000000606. The molecule has 3 amide bonds. The first-order valence-corrected chi connectivity index (χ1v) is 110. The molecule has 0 radical (unpaired) electrons. The average Bonchev–Trinajstić information content (AvgIpc) is 0.779. The number of benzene rings is 2. The summed E-state index contributed by atoms with van der Waals surface area (Å²) in [7, 11) is 113. The second kappa shape index (κ2) is 78.9. The van der Waals surface area contributed by atoms with Gasteiger partial charge in [0, 0.05) is 627 Å². The van der Waals surface area contributed by atoms with Gasteiger partial charge in [-0.15, -0.1) is 0 Å². The van der Waals surface area contributed by atoms with Gasteiger partial charge in [-0.05, 0) is 47.4 Å². The molecule has 2 aliphatic rings. The van der Waals surface area contributed by atoms with E-state index in [0.29, 0.717) is 39.1 Å². The van der Waals surface area contributed by atoms with Crippen molar-refractivity contribution >= 4 is 594 Å². The summed E-state index contributed by atoms with van der Waals surface area (Å²) in [6.45, 7) is 9.30. The number of carbonyl (C=O) groups excluding carboxylic acids is 2. The van der Waals surface area contributed by atoms with Crippen molar-refractivity contribution in [3.05, 3.63) is 71.3 Å². The van der Waals surface area contributed by atoms with Crippen LogP contribution in [0.25, 0.3) is 0 Å². The van der Waals surface area contributed by atoms with Crippen LogP contribution in [-0.2, 0) is 593 Å². The third-order valence-electron chi connectivity index (χ3n) is 9.88. The highest BCUT2D eigenvalue weighted by Gasteiger charge is 2.41. The van der Waals surface area contributed by atoms with E-state index in [1.54, 1.807) is 124 Å². The van der Waals surface area contributed by atoms with Gasteiger partial charge in [-0.25, -0.2) is 4.79 Å². The van der Waals surface area contributed by atoms with E-state index >= 15 is 0 Å². The lowest BCUT2D eigenvalue weighted by Crippen LogP contribution is -2.60. The maximum atomic E-state index is 13.6. The first kappa shape index (κ1) is 109. The third kappa shape index (κ3) is 63.2. The lowest BCUT2D eigenvalue weighted by atomic mass is 9.82. The van der Waals surface area contributed by atoms with Crippen molar-refractivity contribution in [3.63, 3.8) is 0 Å². The molecule has 2 aliphatic heterocycles. The van der Waals surface area contributed by atoms with E-state index in [1.165, 1.54) is 17.8 Å². The molecule has 2 aromatic carbocycles. The van der Waals surface area contributed by atoms with Crippen molar-refractivity contribution in [3.8, 4) is 0 Å². The van der Waals surface area contributed by atoms with Crippen LogP contribution < -0.4 is 5.73 Å². The van der Waals surface area contributed by atoms with Gasteiger partial charge in [-0.2, -0.15) is 13.2 Å². The second-order valence-electron chi connectivity index (χ2n) is 16.2. The Hall–Kier alpha value is 11.2. The maximum absolute atomic E-state index is 13.6. The first-order chi connectivity index (χ1) is 50.8. The molecule has 4 rings (SSSR count). The molecule has 0 saturated carbocycles. The summed E-state index contributed by atoms with van der Waals surface area (Å²) in [6.07, 6.45) is -2.42. The van der Waals surface area contributed by atoms with E-state index < -0.39 is 17.8 Å². The fourth-order valence-electron chi connectivity index (χ4n) is 6.60. The molecule has 6 nitrogen and oxygen atoms in total. The van der Waals surface area contributed by atoms with E-state index in [1.807, 2.05) is 470 Å². The van der Waals surface area contributed by atoms with Gasteiger partial charge >= 0.3 is 12.2 Å². The minimum Gasteiger partial charge on any atom is -0.351 e. The van der Waals surface area contributed by atoms with Gasteiger partial charge in [0.05, 0.1) is 11.6 Å². The first-order valence-electron chi connectivity index (χ1n) is 24.3. The van der Waals surface area contributed by atoms with Crippen LogP contribution in [0, 0.1) is 11.3 Å². The van der Waals surface area contributed by atoms with Gasteiger partial charge in [0.15, 0.2) is 0 Å². The molecule has 2 saturated heterocycles. The number of rotatable bonds is 5. The van der Waals surface area contributed by atoms with Gasteiger partial charge in [-0.3, -0.25) is 9.69 Å². The van der Waals surface area contributed by atoms with Gasteiger partial charge in [0.1, 0.15) is 0 Å². The van der Waals surface area contributed by atoms with Crippen LogP contribution in [0.15, 0.2) is 54.6 Å². The molecule has 2 aromatic rings. The fourth-order valence-corrected chi connectivity index (χ4v) is 174. The number of piperidine rings is 1. The zero-order chi connectivity index (χ0) is 74.9. The summed E-state index contributed by atoms with van der Waals surface area (Å²) in [5.41, 5.74) is 6.33. The predicted molar refractivity (Wildman–Crippen MR) is 623 cm³/mol. The Morgan fingerprint density at radius 1 is 0.385 bits per heavy atom. The Morgan fingerprint density at radius 3 is 0.865 bits per heavy atom. The summed E-state index contributed by atoms with van der Waals surface area (Å²) in [5, 5.41) is 0. The number of likely N-dealkylation sites (tertiary alicyclic amines) is 1. The van der Waals surface area contributed by atoms with E-state index in [-0.39, 0.29) is 29.3 Å². The summed E-state index contributed by atoms with van der Waals surface area (Å²) < 4.78 is 39.8. The zero-order valence-corrected chi connectivity index (χ0v) is 103. The molecule has 104 heavy (non-hydrogen) atoms. The molecule has 2 N–H and O–H groups in total. The van der Waals surface area contributed by atoms with Crippen molar-refractivity contribution in [1.29, 1.82) is 0 Å². The fraction of sp³-hybridized carbons (Fsp3) is 0.533. The smallest absolute Gasteiger partial charge is 0.351 e. The van der Waals surface area contributed by atoms with Crippen LogP contribution in [0.3, 0.4) is 0 Å². The summed E-state index contributed by atoms with van der Waals surface area (Å²) in [6, 6.07) is 14.6. The second-order valence-corrected chi connectivity index (χ2v) is 128. The topological polar surface area (TPSA) is 69.9 Å².